The molecule has 1 aromatic heterocycles. The van der Waals surface area contributed by atoms with Crippen molar-refractivity contribution in [1.82, 2.24) is 9.71 Å². The van der Waals surface area contributed by atoms with Gasteiger partial charge in [-0.05, 0) is 24.3 Å². The minimum Gasteiger partial charge on any atom is -0.397 e. The van der Waals surface area contributed by atoms with Gasteiger partial charge in [-0.15, -0.1) is 0 Å². The zero-order valence-electron chi connectivity index (χ0n) is 11.3. The van der Waals surface area contributed by atoms with Crippen LogP contribution < -0.4 is 15.8 Å². The van der Waals surface area contributed by atoms with Crippen LogP contribution in [0, 0.1) is 0 Å². The molecule has 2 aromatic rings. The highest BCUT2D eigenvalue weighted by molar-refractivity contribution is 7.89. The largest absolute Gasteiger partial charge is 0.397 e. The van der Waals surface area contributed by atoms with E-state index in [0.717, 1.165) is 16.6 Å². The van der Waals surface area contributed by atoms with Crippen LogP contribution in [0.3, 0.4) is 0 Å². The zero-order valence-corrected chi connectivity index (χ0v) is 12.1. The normalized spacial score (nSPS) is 11.7. The number of hydrogen-bond acceptors (Lipinski definition) is 5. The van der Waals surface area contributed by atoms with E-state index in [-0.39, 0.29) is 5.75 Å². The highest BCUT2D eigenvalue weighted by Gasteiger charge is 2.09. The summed E-state index contributed by atoms with van der Waals surface area (Å²) in [4.78, 5) is 4.21. The van der Waals surface area contributed by atoms with Crippen LogP contribution in [0.5, 0.6) is 0 Å². The van der Waals surface area contributed by atoms with Crippen molar-refractivity contribution in [3.63, 3.8) is 0 Å². The van der Waals surface area contributed by atoms with Gasteiger partial charge < -0.3 is 11.1 Å². The molecule has 108 valence electrons. The molecular weight excluding hydrogens is 276 g/mol. The van der Waals surface area contributed by atoms with Crippen molar-refractivity contribution in [2.45, 2.75) is 6.92 Å². The molecule has 0 amide bonds. The minimum absolute atomic E-state index is 0.00531. The van der Waals surface area contributed by atoms with Crippen LogP contribution in [0.4, 0.5) is 11.4 Å². The predicted octanol–water partition coefficient (Wildman–Crippen LogP) is 1.17. The van der Waals surface area contributed by atoms with Gasteiger partial charge in [0.25, 0.3) is 0 Å². The summed E-state index contributed by atoms with van der Waals surface area (Å²) in [6.45, 7) is 2.44. The molecule has 0 aliphatic carbocycles. The molecule has 20 heavy (non-hydrogen) atoms. The Morgan fingerprint density at radius 2 is 2.10 bits per heavy atom. The van der Waals surface area contributed by atoms with Crippen LogP contribution in [0.1, 0.15) is 6.92 Å². The van der Waals surface area contributed by atoms with Gasteiger partial charge >= 0.3 is 0 Å². The van der Waals surface area contributed by atoms with Crippen LogP contribution in [0.2, 0.25) is 0 Å². The van der Waals surface area contributed by atoms with Crippen molar-refractivity contribution in [3.8, 4) is 0 Å². The van der Waals surface area contributed by atoms with Crippen LogP contribution in [-0.4, -0.2) is 32.2 Å². The van der Waals surface area contributed by atoms with Gasteiger partial charge in [0, 0.05) is 24.7 Å². The average Bonchev–Trinajstić information content (AvgIpc) is 2.41. The number of rotatable bonds is 6. The molecule has 0 fully saturated rings. The number of aromatic nitrogens is 1. The molecule has 1 heterocycles. The van der Waals surface area contributed by atoms with Gasteiger partial charge in [-0.2, -0.15) is 0 Å². The summed E-state index contributed by atoms with van der Waals surface area (Å²) in [5.74, 6) is 0.00531. The number of nitrogens with two attached hydrogens (primary N) is 1. The molecule has 0 saturated carbocycles. The van der Waals surface area contributed by atoms with Crippen molar-refractivity contribution in [1.29, 1.82) is 0 Å². The Bertz CT molecular complexity index is 701. The smallest absolute Gasteiger partial charge is 0.213 e. The summed E-state index contributed by atoms with van der Waals surface area (Å²) in [7, 11) is -3.22. The first-order chi connectivity index (χ1) is 9.53. The van der Waals surface area contributed by atoms with E-state index in [2.05, 4.69) is 15.0 Å². The minimum atomic E-state index is -3.22. The maximum atomic E-state index is 11.5. The number of nitrogen functional groups attached to an aromatic ring is 1. The zero-order chi connectivity index (χ0) is 14.6. The third-order valence-electron chi connectivity index (χ3n) is 2.88. The molecule has 2 rings (SSSR count). The summed E-state index contributed by atoms with van der Waals surface area (Å²) in [5.41, 5.74) is 8.18. The number of nitrogens with zero attached hydrogens (tertiary/aromatic N) is 1. The fourth-order valence-electron chi connectivity index (χ4n) is 1.94. The van der Waals surface area contributed by atoms with Crippen molar-refractivity contribution >= 4 is 32.3 Å². The average molecular weight is 294 g/mol. The third-order valence-corrected chi connectivity index (χ3v) is 4.35. The highest BCUT2D eigenvalue weighted by Crippen LogP contribution is 2.27. The molecule has 0 aliphatic rings. The quantitative estimate of drug-likeness (QED) is 0.695. The number of fused-ring (bicyclic) bond motifs is 1. The fraction of sp³-hybridized carbons (Fsp3) is 0.308. The summed E-state index contributed by atoms with van der Waals surface area (Å²) in [5, 5.41) is 3.90. The van der Waals surface area contributed by atoms with Crippen molar-refractivity contribution in [3.05, 3.63) is 30.5 Å². The molecule has 0 bridgehead atoms. The monoisotopic (exact) mass is 294 g/mol. The molecule has 7 heteroatoms. The lowest BCUT2D eigenvalue weighted by atomic mass is 10.1. The molecule has 1 aromatic carbocycles. The number of anilines is 2. The lowest BCUT2D eigenvalue weighted by molar-refractivity contribution is 0.584. The number of hydrogen-bond donors (Lipinski definition) is 3. The van der Waals surface area contributed by atoms with E-state index >= 15 is 0 Å². The van der Waals surface area contributed by atoms with Crippen LogP contribution in [0.15, 0.2) is 30.5 Å². The Hall–Kier alpha value is -1.86. The summed E-state index contributed by atoms with van der Waals surface area (Å²) in [6, 6.07) is 7.37. The highest BCUT2D eigenvalue weighted by atomic mass is 32.2. The van der Waals surface area contributed by atoms with E-state index in [1.807, 2.05) is 24.3 Å². The number of sulfonamides is 1. The molecule has 0 unspecified atom stereocenters. The van der Waals surface area contributed by atoms with Crippen molar-refractivity contribution < 1.29 is 8.42 Å². The molecule has 0 spiro atoms. The second-order valence-corrected chi connectivity index (χ2v) is 6.27. The predicted molar refractivity (Wildman–Crippen MR) is 82.1 cm³/mol. The maximum Gasteiger partial charge on any atom is 0.213 e. The molecule has 0 saturated heterocycles. The Balaban J connectivity index is 2.09. The van der Waals surface area contributed by atoms with Gasteiger partial charge in [-0.1, -0.05) is 6.92 Å². The fourth-order valence-corrected chi connectivity index (χ4v) is 2.90. The summed E-state index contributed by atoms with van der Waals surface area (Å²) >= 11 is 0. The Kier molecular flexibility index (Phi) is 4.41. The van der Waals surface area contributed by atoms with Crippen molar-refractivity contribution in [2.75, 3.05) is 29.9 Å². The third kappa shape index (κ3) is 3.37. The number of pyridine rings is 1. The lowest BCUT2D eigenvalue weighted by Crippen LogP contribution is -2.29. The van der Waals surface area contributed by atoms with Gasteiger partial charge in [0.2, 0.25) is 10.0 Å². The van der Waals surface area contributed by atoms with Crippen LogP contribution in [-0.2, 0) is 10.0 Å². The van der Waals surface area contributed by atoms with E-state index in [1.165, 1.54) is 0 Å². The summed E-state index contributed by atoms with van der Waals surface area (Å²) < 4.78 is 25.5. The van der Waals surface area contributed by atoms with Gasteiger partial charge in [0.1, 0.15) is 0 Å². The van der Waals surface area contributed by atoms with E-state index in [0.29, 0.717) is 18.8 Å². The molecular formula is C13H18N4O2S. The van der Waals surface area contributed by atoms with Gasteiger partial charge in [0.15, 0.2) is 0 Å². The topological polar surface area (TPSA) is 97.1 Å². The number of benzene rings is 1. The Labute approximate surface area is 118 Å². The van der Waals surface area contributed by atoms with Crippen LogP contribution >= 0.6 is 0 Å². The van der Waals surface area contributed by atoms with Gasteiger partial charge in [-0.3, -0.25) is 4.98 Å². The molecule has 0 aliphatic heterocycles. The maximum absolute atomic E-state index is 11.5. The molecule has 0 atom stereocenters. The standard InChI is InChI=1S/C13H18N4O2S/c1-2-17-20(18,19)9-8-16-12-6-5-11-10(13(12)14)4-3-7-15-11/h3-7,16-17H,2,8-9,14H2,1H3. The molecule has 6 nitrogen and oxygen atoms in total. The van der Waals surface area contributed by atoms with E-state index in [4.69, 9.17) is 5.73 Å². The van der Waals surface area contributed by atoms with E-state index in [9.17, 15) is 8.42 Å². The first kappa shape index (κ1) is 14.5. The Morgan fingerprint density at radius 3 is 2.85 bits per heavy atom. The SMILES string of the molecule is CCNS(=O)(=O)CCNc1ccc2ncccc2c1N. The second-order valence-electron chi connectivity index (χ2n) is 4.34. The van der Waals surface area contributed by atoms with E-state index < -0.39 is 10.0 Å². The first-order valence-corrected chi connectivity index (χ1v) is 8.03. The lowest BCUT2D eigenvalue weighted by Gasteiger charge is -2.11. The first-order valence-electron chi connectivity index (χ1n) is 6.38. The van der Waals surface area contributed by atoms with Crippen LogP contribution in [0.25, 0.3) is 10.9 Å². The van der Waals surface area contributed by atoms with Gasteiger partial charge in [0.05, 0.1) is 22.6 Å². The summed E-state index contributed by atoms with van der Waals surface area (Å²) in [6.07, 6.45) is 1.71. The van der Waals surface area contributed by atoms with E-state index in [1.54, 1.807) is 13.1 Å². The van der Waals surface area contributed by atoms with Crippen molar-refractivity contribution in [2.24, 2.45) is 0 Å². The molecule has 0 radical (unpaired) electrons. The second kappa shape index (κ2) is 6.06. The number of nitrogens with one attached hydrogen (secondary N) is 2. The van der Waals surface area contributed by atoms with Gasteiger partial charge in [-0.25, -0.2) is 13.1 Å². The Morgan fingerprint density at radius 1 is 1.30 bits per heavy atom. The molecule has 4 N–H and O–H groups in total.